The maximum atomic E-state index is 14.5. The maximum absolute atomic E-state index is 14.5. The number of ketones is 1. The summed E-state index contributed by atoms with van der Waals surface area (Å²) in [5.74, 6) is 2.11. The van der Waals surface area contributed by atoms with Gasteiger partial charge in [0, 0.05) is 18.9 Å². The monoisotopic (exact) mass is 1110 g/mol. The third kappa shape index (κ3) is 10.4. The van der Waals surface area contributed by atoms with E-state index in [1.807, 2.05) is 14.0 Å². The first-order chi connectivity index (χ1) is 37.3. The summed E-state index contributed by atoms with van der Waals surface area (Å²) in [6.07, 6.45) is 9.23. The van der Waals surface area contributed by atoms with Crippen molar-refractivity contribution >= 4 is 20.4 Å². The summed E-state index contributed by atoms with van der Waals surface area (Å²) >= 11 is 0. The van der Waals surface area contributed by atoms with E-state index in [0.29, 0.717) is 43.0 Å². The van der Waals surface area contributed by atoms with Crippen molar-refractivity contribution in [3.63, 3.8) is 0 Å². The van der Waals surface area contributed by atoms with Crippen LogP contribution in [0.3, 0.4) is 0 Å². The second-order valence-electron chi connectivity index (χ2n) is 29.6. The number of Topliss-reactive ketones (excluding diaryl/α,β-unsaturated/α-hetero) is 1. The summed E-state index contributed by atoms with van der Waals surface area (Å²) in [4.78, 5) is 28.7. The Balaban J connectivity index is 1.10. The number of ether oxygens (including phenoxy) is 7. The fourth-order valence-electron chi connectivity index (χ4n) is 19.1. The van der Waals surface area contributed by atoms with Crippen LogP contribution in [0.25, 0.3) is 0 Å². The third-order valence-electron chi connectivity index (χ3n) is 25.6. The molecule has 5 aliphatic carbocycles. The quantitative estimate of drug-likeness (QED) is 0.0648. The molecule has 9 unspecified atom stereocenters. The minimum Gasteiger partial charge on any atom is -0.408 e. The molecule has 0 aromatic heterocycles. The van der Waals surface area contributed by atoms with E-state index in [1.54, 1.807) is 0 Å². The molecule has 0 amide bonds. The normalized spacial score (nSPS) is 47.9. The Hall–Kier alpha value is -1.80. The first-order valence-corrected chi connectivity index (χ1v) is 34.7. The highest BCUT2D eigenvalue weighted by Gasteiger charge is 2.72. The highest BCUT2D eigenvalue weighted by Crippen LogP contribution is 2.76. The van der Waals surface area contributed by atoms with Gasteiger partial charge in [-0.15, -0.1) is 0 Å². The zero-order valence-electron chi connectivity index (χ0n) is 52.7. The molecule has 79 heavy (non-hydrogen) atoms. The predicted octanol–water partition coefficient (Wildman–Crippen LogP) is 15.0. The number of hydrogen-bond acceptors (Lipinski definition) is 10. The van der Waals surface area contributed by atoms with E-state index >= 15 is 0 Å². The molecule has 0 radical (unpaired) electrons. The van der Waals surface area contributed by atoms with Crippen LogP contribution in [-0.4, -0.2) is 95.7 Å². The van der Waals surface area contributed by atoms with Gasteiger partial charge < -0.3 is 42.4 Å². The zero-order valence-corrected chi connectivity index (χ0v) is 53.7. The lowest BCUT2D eigenvalue weighted by molar-refractivity contribution is -0.380. The molecule has 24 atom stereocenters. The summed E-state index contributed by atoms with van der Waals surface area (Å²) in [6, 6.07) is 13.7. The number of carbonyl (C=O) groups excluding carboxylic acids is 2. The number of rotatable bonds is 17. The summed E-state index contributed by atoms with van der Waals surface area (Å²) in [7, 11) is -0.302. The van der Waals surface area contributed by atoms with Crippen LogP contribution in [0.15, 0.2) is 42.0 Å². The Morgan fingerprint density at radius 3 is 1.99 bits per heavy atom. The van der Waals surface area contributed by atoms with E-state index in [0.717, 1.165) is 75.9 Å². The van der Waals surface area contributed by atoms with Gasteiger partial charge in [0.15, 0.2) is 27.2 Å². The number of hydrogen-bond donors (Lipinski definition) is 0. The lowest BCUT2D eigenvalue weighted by Crippen LogP contribution is -2.68. The number of fused-ring (bicyclic) bond motifs is 7. The minimum absolute atomic E-state index is 0.0177. The van der Waals surface area contributed by atoms with Crippen LogP contribution >= 0.6 is 0 Å². The van der Waals surface area contributed by atoms with Crippen molar-refractivity contribution in [1.82, 2.24) is 0 Å². The second-order valence-corrected chi connectivity index (χ2v) is 34.3. The fraction of sp³-hybridized carbons (Fsp3) is 0.853. The van der Waals surface area contributed by atoms with Gasteiger partial charge in [0.25, 0.3) is 0 Å². The number of carbonyl (C=O) groups is 2. The van der Waals surface area contributed by atoms with E-state index < -0.39 is 56.3 Å². The Bertz CT molecular complexity index is 2300. The van der Waals surface area contributed by atoms with E-state index in [1.165, 1.54) is 17.4 Å². The van der Waals surface area contributed by atoms with Crippen molar-refractivity contribution in [2.24, 2.45) is 85.8 Å². The molecule has 3 saturated heterocycles. The van der Waals surface area contributed by atoms with E-state index in [4.69, 9.17) is 37.6 Å². The highest BCUT2D eigenvalue weighted by atomic mass is 28.4. The van der Waals surface area contributed by atoms with Gasteiger partial charge in [0.1, 0.15) is 18.2 Å². The number of allylic oxidation sites excluding steroid dienone is 2. The van der Waals surface area contributed by atoms with Crippen molar-refractivity contribution in [1.29, 1.82) is 0 Å². The molecule has 1 aromatic rings. The summed E-state index contributed by atoms with van der Waals surface area (Å²) in [5, 5.41) is 0. The van der Waals surface area contributed by atoms with Gasteiger partial charge in [0.2, 0.25) is 0 Å². The molecule has 10 nitrogen and oxygen atoms in total. The number of aldehydes is 1. The number of benzene rings is 1. The molecule has 0 spiro atoms. The van der Waals surface area contributed by atoms with Crippen molar-refractivity contribution in [3.8, 4) is 0 Å². The molecule has 1 aromatic carbocycles. The molecule has 3 heterocycles. The summed E-state index contributed by atoms with van der Waals surface area (Å²) in [5.41, 5.74) is 1.14. The van der Waals surface area contributed by atoms with Gasteiger partial charge in [0.05, 0.1) is 54.1 Å². The van der Waals surface area contributed by atoms with Crippen LogP contribution in [0.2, 0.25) is 18.1 Å². The van der Waals surface area contributed by atoms with E-state index in [9.17, 15) is 9.59 Å². The SMILES string of the molecule is CCC1O[C@@H](OC2[C@H](O[C@H]3CCC4(C)C5CC=C6C7CC(C)(C)CC[C@]7(C(C)=O)C(OC)C[C@@]6(C)[C@@]5(C)CC[C@H]4[C@@]3(C)C=O)OC(Cc3ccccc3)[C@@H](C)[C@@H]2O[C@@H]2OC[C@@H](C)[C@H](C)C2C)C(O[Si](CC)(CC)CC)[C@@H](C)[C@H]1C. The average molecular weight is 1120 g/mol. The lowest BCUT2D eigenvalue weighted by atomic mass is 9.33. The molecular formula is C68H110O10Si. The minimum atomic E-state index is -2.15. The van der Waals surface area contributed by atoms with Gasteiger partial charge in [-0.2, -0.15) is 0 Å². The second kappa shape index (κ2) is 23.2. The number of methoxy groups -OCH3 is 1. The standard InChI is InChI=1S/C68H110O10Si/c1-19-51-43(7)44(8)58(78-79(20-2,21-3)22-4)61(73-51)77-59-57(76-60-45(9)42(6)41(5)39-72-60)46(10)52(36-48-26-24-23-25-27-48)74-62(59)75-55-31-32-64(14)53(65(55,15)40-69)30-33-66(16)54(64)29-28-49-50-37-63(12,13)34-35-68(50,47(11)70)56(71-18)38-67(49,66)17/h23-28,40-46,50-62H,19-22,29-39H2,1-18H3/t41-,42+,43-,44+,45?,46-,50?,51?,52?,53-,54?,55+,56?,57+,58?,59?,60+,61+,62+,64?,65-,66+,67-,68-/m1/s1. The highest BCUT2D eigenvalue weighted by molar-refractivity contribution is 6.73. The van der Waals surface area contributed by atoms with Crippen LogP contribution in [-0.2, 0) is 53.6 Å². The first-order valence-electron chi connectivity index (χ1n) is 32.1. The van der Waals surface area contributed by atoms with Gasteiger partial charge >= 0.3 is 0 Å². The van der Waals surface area contributed by atoms with Crippen molar-refractivity contribution < 1.29 is 47.2 Å². The van der Waals surface area contributed by atoms with Crippen LogP contribution in [0.1, 0.15) is 187 Å². The van der Waals surface area contributed by atoms with Crippen LogP contribution in [0.4, 0.5) is 0 Å². The van der Waals surface area contributed by atoms with Crippen LogP contribution in [0, 0.1) is 85.8 Å². The Morgan fingerprint density at radius 2 is 1.35 bits per heavy atom. The molecule has 4 saturated carbocycles. The Labute approximate surface area is 480 Å². The van der Waals surface area contributed by atoms with E-state index in [2.05, 4.69) is 147 Å². The molecule has 11 heteroatoms. The zero-order chi connectivity index (χ0) is 57.4. The van der Waals surface area contributed by atoms with E-state index in [-0.39, 0.29) is 81.6 Å². The topological polar surface area (TPSA) is 108 Å². The van der Waals surface area contributed by atoms with Crippen LogP contribution < -0.4 is 0 Å². The molecular weight excluding hydrogens is 1000 g/mol. The van der Waals surface area contributed by atoms with Gasteiger partial charge in [-0.25, -0.2) is 0 Å². The molecule has 0 N–H and O–H groups in total. The van der Waals surface area contributed by atoms with Crippen LogP contribution in [0.5, 0.6) is 0 Å². The third-order valence-corrected chi connectivity index (χ3v) is 30.2. The predicted molar refractivity (Wildman–Crippen MR) is 315 cm³/mol. The summed E-state index contributed by atoms with van der Waals surface area (Å²) < 4.78 is 58.5. The average Bonchev–Trinajstić information content (AvgIpc) is 3.62. The maximum Gasteiger partial charge on any atom is 0.192 e. The fourth-order valence-corrected chi connectivity index (χ4v) is 22.0. The molecule has 7 fully saturated rings. The van der Waals surface area contributed by atoms with Crippen molar-refractivity contribution in [2.75, 3.05) is 13.7 Å². The Morgan fingerprint density at radius 1 is 0.696 bits per heavy atom. The largest absolute Gasteiger partial charge is 0.408 e. The summed E-state index contributed by atoms with van der Waals surface area (Å²) in [6.45, 7) is 40.0. The Kier molecular flexibility index (Phi) is 18.2. The first kappa shape index (κ1) is 61.7. The lowest BCUT2D eigenvalue weighted by Gasteiger charge is -2.72. The van der Waals surface area contributed by atoms with Gasteiger partial charge in [-0.1, -0.05) is 153 Å². The smallest absolute Gasteiger partial charge is 0.192 e. The molecule has 9 rings (SSSR count). The molecule has 3 aliphatic heterocycles. The van der Waals surface area contributed by atoms with Gasteiger partial charge in [-0.05, 0) is 164 Å². The van der Waals surface area contributed by atoms with Crippen molar-refractivity contribution in [2.45, 2.75) is 268 Å². The van der Waals surface area contributed by atoms with Crippen molar-refractivity contribution in [3.05, 3.63) is 47.5 Å². The molecule has 8 aliphatic rings. The molecule has 446 valence electrons. The van der Waals surface area contributed by atoms with Gasteiger partial charge in [-0.3, -0.25) is 4.79 Å². The molecule has 0 bridgehead atoms.